The first kappa shape index (κ1) is 18.6. The first-order valence-corrected chi connectivity index (χ1v) is 8.91. The molecule has 2 rings (SSSR count). The van der Waals surface area contributed by atoms with Crippen molar-refractivity contribution in [1.82, 2.24) is 9.97 Å². The summed E-state index contributed by atoms with van der Waals surface area (Å²) in [6.45, 7) is 15.7. The van der Waals surface area contributed by atoms with Crippen molar-refractivity contribution in [2.24, 2.45) is 10.8 Å². The minimum Gasteiger partial charge on any atom is -0.261 e. The smallest absolute Gasteiger partial charge is 0.0438 e. The van der Waals surface area contributed by atoms with Crippen LogP contribution in [0.4, 0.5) is 0 Å². The Morgan fingerprint density at radius 3 is 2.21 bits per heavy atom. The zero-order chi connectivity index (χ0) is 18.0. The highest BCUT2D eigenvalue weighted by molar-refractivity contribution is 5.26. The van der Waals surface area contributed by atoms with E-state index in [4.69, 9.17) is 4.98 Å². The fourth-order valence-electron chi connectivity index (χ4n) is 3.25. The molecule has 24 heavy (non-hydrogen) atoms. The standard InChI is InChI=1S/C22H32N2/c1-16-11-18(15-23-20(16)14-21(3,4)5)12-22(6,7)13-19-10-8-9-17(2)24-19/h8-11,15H,12-14H2,1-7H3. The minimum atomic E-state index is 0.167. The second kappa shape index (κ2) is 7.04. The Morgan fingerprint density at radius 1 is 0.917 bits per heavy atom. The summed E-state index contributed by atoms with van der Waals surface area (Å²) >= 11 is 0. The summed E-state index contributed by atoms with van der Waals surface area (Å²) in [5, 5.41) is 0. The molecule has 0 aliphatic carbocycles. The molecule has 2 nitrogen and oxygen atoms in total. The van der Waals surface area contributed by atoms with E-state index in [-0.39, 0.29) is 10.8 Å². The van der Waals surface area contributed by atoms with E-state index in [1.165, 1.54) is 22.5 Å². The van der Waals surface area contributed by atoms with Gasteiger partial charge in [0.2, 0.25) is 0 Å². The monoisotopic (exact) mass is 324 g/mol. The molecule has 130 valence electrons. The van der Waals surface area contributed by atoms with E-state index >= 15 is 0 Å². The fourth-order valence-corrected chi connectivity index (χ4v) is 3.25. The van der Waals surface area contributed by atoms with Gasteiger partial charge in [-0.25, -0.2) is 0 Å². The summed E-state index contributed by atoms with van der Waals surface area (Å²) in [6.07, 6.45) is 5.10. The normalized spacial score (nSPS) is 12.5. The molecule has 0 unspecified atom stereocenters. The summed E-state index contributed by atoms with van der Waals surface area (Å²) in [5.41, 5.74) is 6.57. The molecule has 0 saturated heterocycles. The highest BCUT2D eigenvalue weighted by Gasteiger charge is 2.21. The molecule has 2 aromatic heterocycles. The second-order valence-corrected chi connectivity index (χ2v) is 9.13. The van der Waals surface area contributed by atoms with Crippen molar-refractivity contribution in [3.63, 3.8) is 0 Å². The average Bonchev–Trinajstić information content (AvgIpc) is 2.39. The van der Waals surface area contributed by atoms with Crippen LogP contribution >= 0.6 is 0 Å². The molecule has 0 fully saturated rings. The van der Waals surface area contributed by atoms with E-state index in [1.807, 2.05) is 0 Å². The highest BCUT2D eigenvalue weighted by Crippen LogP contribution is 2.28. The molecule has 0 aliphatic heterocycles. The van der Waals surface area contributed by atoms with Gasteiger partial charge in [-0.1, -0.05) is 46.8 Å². The maximum absolute atomic E-state index is 4.75. The van der Waals surface area contributed by atoms with Crippen LogP contribution in [0, 0.1) is 24.7 Å². The third kappa shape index (κ3) is 5.74. The van der Waals surface area contributed by atoms with Crippen molar-refractivity contribution >= 4 is 0 Å². The fraction of sp³-hybridized carbons (Fsp3) is 0.545. The molecular weight excluding hydrogens is 292 g/mol. The Bertz CT molecular complexity index is 693. The summed E-state index contributed by atoms with van der Waals surface area (Å²) in [4.78, 5) is 9.41. The molecule has 0 N–H and O–H groups in total. The van der Waals surface area contributed by atoms with Crippen LogP contribution in [-0.4, -0.2) is 9.97 Å². The molecular formula is C22H32N2. The number of hydrogen-bond donors (Lipinski definition) is 0. The number of hydrogen-bond acceptors (Lipinski definition) is 2. The van der Waals surface area contributed by atoms with Crippen molar-refractivity contribution in [3.8, 4) is 0 Å². The Labute approximate surface area is 147 Å². The van der Waals surface area contributed by atoms with Gasteiger partial charge in [0, 0.05) is 23.3 Å². The molecule has 2 aromatic rings. The lowest BCUT2D eigenvalue weighted by Gasteiger charge is -2.25. The molecule has 0 aliphatic rings. The Balaban J connectivity index is 2.10. The first-order valence-electron chi connectivity index (χ1n) is 8.91. The molecule has 0 amide bonds. The third-order valence-electron chi connectivity index (χ3n) is 4.23. The van der Waals surface area contributed by atoms with Gasteiger partial charge in [-0.2, -0.15) is 0 Å². The largest absolute Gasteiger partial charge is 0.261 e. The SMILES string of the molecule is Cc1cccc(CC(C)(C)Cc2cnc(CC(C)(C)C)c(C)c2)n1. The molecule has 0 saturated carbocycles. The number of nitrogens with zero attached hydrogens (tertiary/aromatic N) is 2. The van der Waals surface area contributed by atoms with Gasteiger partial charge >= 0.3 is 0 Å². The number of pyridine rings is 2. The summed E-state index contributed by atoms with van der Waals surface area (Å²) in [6, 6.07) is 8.60. The van der Waals surface area contributed by atoms with Crippen LogP contribution < -0.4 is 0 Å². The van der Waals surface area contributed by atoms with E-state index in [1.54, 1.807) is 0 Å². The summed E-state index contributed by atoms with van der Waals surface area (Å²) in [5.74, 6) is 0. The number of rotatable bonds is 5. The van der Waals surface area contributed by atoms with E-state index in [9.17, 15) is 0 Å². The Hall–Kier alpha value is -1.70. The lowest BCUT2D eigenvalue weighted by Crippen LogP contribution is -2.20. The van der Waals surface area contributed by atoms with Gasteiger partial charge in [0.25, 0.3) is 0 Å². The van der Waals surface area contributed by atoms with Crippen molar-refractivity contribution in [3.05, 3.63) is 58.7 Å². The zero-order valence-corrected chi connectivity index (χ0v) is 16.4. The van der Waals surface area contributed by atoms with Crippen molar-refractivity contribution in [1.29, 1.82) is 0 Å². The molecule has 2 heteroatoms. The van der Waals surface area contributed by atoms with Crippen LogP contribution in [0.5, 0.6) is 0 Å². The molecule has 0 aromatic carbocycles. The van der Waals surface area contributed by atoms with Crippen LogP contribution in [0.2, 0.25) is 0 Å². The van der Waals surface area contributed by atoms with Crippen LogP contribution in [0.1, 0.15) is 62.8 Å². The summed E-state index contributed by atoms with van der Waals surface area (Å²) < 4.78 is 0. The van der Waals surface area contributed by atoms with Crippen LogP contribution in [0.15, 0.2) is 30.5 Å². The zero-order valence-electron chi connectivity index (χ0n) is 16.4. The summed E-state index contributed by atoms with van der Waals surface area (Å²) in [7, 11) is 0. The predicted molar refractivity (Wildman–Crippen MR) is 102 cm³/mol. The van der Waals surface area contributed by atoms with Gasteiger partial charge in [-0.05, 0) is 67.2 Å². The number of aromatic nitrogens is 2. The van der Waals surface area contributed by atoms with Crippen LogP contribution in [0.3, 0.4) is 0 Å². The van der Waals surface area contributed by atoms with Crippen LogP contribution in [-0.2, 0) is 19.3 Å². The van der Waals surface area contributed by atoms with Gasteiger partial charge in [-0.15, -0.1) is 0 Å². The van der Waals surface area contributed by atoms with Crippen LogP contribution in [0.25, 0.3) is 0 Å². The van der Waals surface area contributed by atoms with E-state index in [2.05, 4.69) is 83.9 Å². The molecule has 0 atom stereocenters. The lowest BCUT2D eigenvalue weighted by atomic mass is 9.81. The molecule has 2 heterocycles. The van der Waals surface area contributed by atoms with Gasteiger partial charge in [-0.3, -0.25) is 9.97 Å². The van der Waals surface area contributed by atoms with Gasteiger partial charge in [0.1, 0.15) is 0 Å². The third-order valence-corrected chi connectivity index (χ3v) is 4.23. The van der Waals surface area contributed by atoms with Crippen molar-refractivity contribution in [2.75, 3.05) is 0 Å². The topological polar surface area (TPSA) is 25.8 Å². The Kier molecular flexibility index (Phi) is 5.47. The lowest BCUT2D eigenvalue weighted by molar-refractivity contribution is 0.356. The predicted octanol–water partition coefficient (Wildman–Crippen LogP) is 5.49. The van der Waals surface area contributed by atoms with Gasteiger partial charge in [0.15, 0.2) is 0 Å². The molecule has 0 radical (unpaired) electrons. The molecule has 0 spiro atoms. The van der Waals surface area contributed by atoms with Crippen molar-refractivity contribution < 1.29 is 0 Å². The molecule has 0 bridgehead atoms. The van der Waals surface area contributed by atoms with Gasteiger partial charge < -0.3 is 0 Å². The Morgan fingerprint density at radius 2 is 1.62 bits per heavy atom. The maximum atomic E-state index is 4.75. The highest BCUT2D eigenvalue weighted by atomic mass is 14.7. The van der Waals surface area contributed by atoms with E-state index in [0.717, 1.165) is 25.0 Å². The number of aryl methyl sites for hydroxylation is 2. The first-order chi connectivity index (χ1) is 11.0. The van der Waals surface area contributed by atoms with E-state index < -0.39 is 0 Å². The van der Waals surface area contributed by atoms with Crippen molar-refractivity contribution in [2.45, 2.75) is 67.7 Å². The average molecular weight is 325 g/mol. The minimum absolute atomic E-state index is 0.167. The van der Waals surface area contributed by atoms with Gasteiger partial charge in [0.05, 0.1) is 0 Å². The second-order valence-electron chi connectivity index (χ2n) is 9.13. The van der Waals surface area contributed by atoms with E-state index in [0.29, 0.717) is 0 Å². The maximum Gasteiger partial charge on any atom is 0.0438 e. The quantitative estimate of drug-likeness (QED) is 0.726.